The molecule has 4 rings (SSSR count). The Balaban J connectivity index is 1.90. The molecule has 1 unspecified atom stereocenters. The van der Waals surface area contributed by atoms with Gasteiger partial charge in [0.2, 0.25) is 0 Å². The maximum atomic E-state index is 5.55. The van der Waals surface area contributed by atoms with Gasteiger partial charge in [-0.2, -0.15) is 0 Å². The fourth-order valence-electron chi connectivity index (χ4n) is 3.73. The minimum atomic E-state index is 0.0782. The lowest BCUT2D eigenvalue weighted by molar-refractivity contribution is 0.221. The van der Waals surface area contributed by atoms with Crippen LogP contribution in [0.2, 0.25) is 0 Å². The van der Waals surface area contributed by atoms with Gasteiger partial charge in [-0.05, 0) is 53.1 Å². The highest BCUT2D eigenvalue weighted by molar-refractivity contribution is 5.81. The molecule has 1 atom stereocenters. The molecule has 0 radical (unpaired) electrons. The zero-order chi connectivity index (χ0) is 18.6. The van der Waals surface area contributed by atoms with Crippen LogP contribution in [-0.4, -0.2) is 20.8 Å². The molecule has 3 aromatic rings. The molecule has 3 nitrogen and oxygen atoms in total. The Bertz CT molecular complexity index is 932. The quantitative estimate of drug-likeness (QED) is 0.592. The molecule has 3 heteroatoms. The van der Waals surface area contributed by atoms with Crippen LogP contribution in [0, 0.1) is 0 Å². The standard InChI is InChI=1S/C24H23NO2/c1-26-17-20-16-19-10-6-7-11-23(19)25(21-12-14-22(27-2)15-13-21)24(20)18-8-4-3-5-9-18/h3-16,24H,17H2,1-2H3. The van der Waals surface area contributed by atoms with Gasteiger partial charge in [0.05, 0.1) is 19.8 Å². The lowest BCUT2D eigenvalue weighted by Gasteiger charge is -2.39. The summed E-state index contributed by atoms with van der Waals surface area (Å²) in [6.45, 7) is 0.584. The topological polar surface area (TPSA) is 21.7 Å². The maximum absolute atomic E-state index is 5.55. The Morgan fingerprint density at radius 3 is 2.22 bits per heavy atom. The summed E-state index contributed by atoms with van der Waals surface area (Å²) >= 11 is 0. The van der Waals surface area contributed by atoms with Gasteiger partial charge in [0.15, 0.2) is 0 Å². The molecule has 0 aromatic heterocycles. The first-order valence-electron chi connectivity index (χ1n) is 9.08. The van der Waals surface area contributed by atoms with Crippen LogP contribution < -0.4 is 9.64 Å². The minimum Gasteiger partial charge on any atom is -0.497 e. The number of hydrogen-bond donors (Lipinski definition) is 0. The molecular weight excluding hydrogens is 334 g/mol. The Kier molecular flexibility index (Phi) is 4.95. The van der Waals surface area contributed by atoms with Crippen molar-refractivity contribution in [3.8, 4) is 5.75 Å². The molecule has 3 aromatic carbocycles. The summed E-state index contributed by atoms with van der Waals surface area (Å²) in [4.78, 5) is 2.39. The molecule has 1 aliphatic heterocycles. The molecule has 0 bridgehead atoms. The summed E-state index contributed by atoms with van der Waals surface area (Å²) < 4.78 is 10.9. The largest absolute Gasteiger partial charge is 0.497 e. The number of benzene rings is 3. The van der Waals surface area contributed by atoms with E-state index in [0.717, 1.165) is 11.4 Å². The zero-order valence-corrected chi connectivity index (χ0v) is 15.6. The molecule has 0 amide bonds. The van der Waals surface area contributed by atoms with Crippen LogP contribution in [-0.2, 0) is 4.74 Å². The number of fused-ring (bicyclic) bond motifs is 1. The van der Waals surface area contributed by atoms with Gasteiger partial charge in [-0.3, -0.25) is 0 Å². The Morgan fingerprint density at radius 1 is 0.815 bits per heavy atom. The van der Waals surface area contributed by atoms with Gasteiger partial charge in [0, 0.05) is 18.5 Å². The second kappa shape index (κ2) is 7.68. The predicted octanol–water partition coefficient (Wildman–Crippen LogP) is 5.62. The number of rotatable bonds is 5. The average molecular weight is 357 g/mol. The van der Waals surface area contributed by atoms with Gasteiger partial charge >= 0.3 is 0 Å². The maximum Gasteiger partial charge on any atom is 0.119 e. The average Bonchev–Trinajstić information content (AvgIpc) is 2.74. The predicted molar refractivity (Wildman–Crippen MR) is 111 cm³/mol. The van der Waals surface area contributed by atoms with Crippen LogP contribution in [0.15, 0.2) is 84.4 Å². The third-order valence-corrected chi connectivity index (χ3v) is 4.92. The molecule has 27 heavy (non-hydrogen) atoms. The smallest absolute Gasteiger partial charge is 0.119 e. The van der Waals surface area contributed by atoms with Gasteiger partial charge in [-0.15, -0.1) is 0 Å². The van der Waals surface area contributed by atoms with Gasteiger partial charge in [0.25, 0.3) is 0 Å². The highest BCUT2D eigenvalue weighted by atomic mass is 16.5. The van der Waals surface area contributed by atoms with E-state index in [9.17, 15) is 0 Å². The van der Waals surface area contributed by atoms with E-state index in [1.165, 1.54) is 22.4 Å². The van der Waals surface area contributed by atoms with Gasteiger partial charge in [-0.1, -0.05) is 48.5 Å². The molecule has 136 valence electrons. The molecule has 0 saturated carbocycles. The third kappa shape index (κ3) is 3.34. The van der Waals surface area contributed by atoms with Crippen LogP contribution in [0.1, 0.15) is 17.2 Å². The lowest BCUT2D eigenvalue weighted by Crippen LogP contribution is -2.30. The fourth-order valence-corrected chi connectivity index (χ4v) is 3.73. The number of anilines is 2. The highest BCUT2D eigenvalue weighted by Crippen LogP contribution is 2.45. The first kappa shape index (κ1) is 17.4. The van der Waals surface area contributed by atoms with Crippen molar-refractivity contribution in [3.63, 3.8) is 0 Å². The van der Waals surface area contributed by atoms with E-state index in [1.807, 2.05) is 12.1 Å². The zero-order valence-electron chi connectivity index (χ0n) is 15.6. The fraction of sp³-hybridized carbons (Fsp3) is 0.167. The molecule has 0 saturated heterocycles. The van der Waals surface area contributed by atoms with Crippen LogP contribution >= 0.6 is 0 Å². The number of hydrogen-bond acceptors (Lipinski definition) is 3. The number of para-hydroxylation sites is 1. The van der Waals surface area contributed by atoms with Crippen LogP contribution in [0.5, 0.6) is 5.75 Å². The molecule has 0 aliphatic carbocycles. The molecular formula is C24H23NO2. The van der Waals surface area contributed by atoms with E-state index in [1.54, 1.807) is 14.2 Å². The van der Waals surface area contributed by atoms with Crippen molar-refractivity contribution < 1.29 is 9.47 Å². The van der Waals surface area contributed by atoms with E-state index >= 15 is 0 Å². The van der Waals surface area contributed by atoms with Gasteiger partial charge < -0.3 is 14.4 Å². The van der Waals surface area contributed by atoms with Crippen molar-refractivity contribution in [2.45, 2.75) is 6.04 Å². The summed E-state index contributed by atoms with van der Waals surface area (Å²) in [6.07, 6.45) is 2.26. The number of methoxy groups -OCH3 is 2. The molecule has 0 fully saturated rings. The second-order valence-electron chi connectivity index (χ2n) is 6.59. The van der Waals surface area contributed by atoms with Crippen molar-refractivity contribution in [1.82, 2.24) is 0 Å². The van der Waals surface area contributed by atoms with Crippen molar-refractivity contribution in [3.05, 3.63) is 95.6 Å². The lowest BCUT2D eigenvalue weighted by atomic mass is 9.90. The second-order valence-corrected chi connectivity index (χ2v) is 6.59. The van der Waals surface area contributed by atoms with E-state index in [0.29, 0.717) is 6.61 Å². The third-order valence-electron chi connectivity index (χ3n) is 4.92. The van der Waals surface area contributed by atoms with Crippen molar-refractivity contribution in [2.24, 2.45) is 0 Å². The van der Waals surface area contributed by atoms with Crippen LogP contribution in [0.25, 0.3) is 6.08 Å². The van der Waals surface area contributed by atoms with Gasteiger partial charge in [-0.25, -0.2) is 0 Å². The van der Waals surface area contributed by atoms with Crippen molar-refractivity contribution in [2.75, 3.05) is 25.7 Å². The van der Waals surface area contributed by atoms with Crippen molar-refractivity contribution >= 4 is 17.5 Å². The highest BCUT2D eigenvalue weighted by Gasteiger charge is 2.30. The summed E-state index contributed by atoms with van der Waals surface area (Å²) in [5.41, 5.74) is 5.99. The Morgan fingerprint density at radius 2 is 1.52 bits per heavy atom. The minimum absolute atomic E-state index is 0.0782. The number of nitrogens with zero attached hydrogens (tertiary/aromatic N) is 1. The van der Waals surface area contributed by atoms with Crippen LogP contribution in [0.3, 0.4) is 0 Å². The van der Waals surface area contributed by atoms with Gasteiger partial charge in [0.1, 0.15) is 5.75 Å². The van der Waals surface area contributed by atoms with E-state index in [-0.39, 0.29) is 6.04 Å². The monoisotopic (exact) mass is 357 g/mol. The first-order valence-corrected chi connectivity index (χ1v) is 9.08. The molecule has 1 heterocycles. The van der Waals surface area contributed by atoms with E-state index in [2.05, 4.69) is 77.7 Å². The summed E-state index contributed by atoms with van der Waals surface area (Å²) in [7, 11) is 3.44. The number of ether oxygens (including phenoxy) is 2. The summed E-state index contributed by atoms with van der Waals surface area (Å²) in [5, 5.41) is 0. The van der Waals surface area contributed by atoms with Crippen molar-refractivity contribution in [1.29, 1.82) is 0 Å². The molecule has 1 aliphatic rings. The normalized spacial score (nSPS) is 15.9. The molecule has 0 N–H and O–H groups in total. The summed E-state index contributed by atoms with van der Waals surface area (Å²) in [6, 6.07) is 27.4. The SMILES string of the molecule is COCC1=Cc2ccccc2N(c2ccc(OC)cc2)C1c1ccccc1. The molecule has 0 spiro atoms. The van der Waals surface area contributed by atoms with E-state index < -0.39 is 0 Å². The van der Waals surface area contributed by atoms with E-state index in [4.69, 9.17) is 9.47 Å². The summed E-state index contributed by atoms with van der Waals surface area (Å²) in [5.74, 6) is 0.855. The Labute approximate surface area is 160 Å². The van der Waals surface area contributed by atoms with Crippen LogP contribution in [0.4, 0.5) is 11.4 Å². The Hall–Kier alpha value is -3.04. The first-order chi connectivity index (χ1) is 13.3.